The van der Waals surface area contributed by atoms with E-state index < -0.39 is 0 Å². The highest BCUT2D eigenvalue weighted by Crippen LogP contribution is 2.41. The fourth-order valence-corrected chi connectivity index (χ4v) is 2.55. The van der Waals surface area contributed by atoms with E-state index in [0.29, 0.717) is 12.1 Å². The van der Waals surface area contributed by atoms with Crippen molar-refractivity contribution in [3.8, 4) is 5.75 Å². The van der Waals surface area contributed by atoms with E-state index in [0.717, 1.165) is 17.6 Å². The molecule has 0 aliphatic heterocycles. The zero-order valence-corrected chi connectivity index (χ0v) is 12.6. The topological polar surface area (TPSA) is 21.3 Å². The molecule has 0 spiro atoms. The molecule has 1 aliphatic rings. The van der Waals surface area contributed by atoms with E-state index in [4.69, 9.17) is 4.74 Å². The molecule has 2 heteroatoms. The molecule has 0 amide bonds. The Morgan fingerprint density at radius 3 is 2.32 bits per heavy atom. The number of methoxy groups -OCH3 is 1. The Morgan fingerprint density at radius 1 is 1.21 bits per heavy atom. The minimum atomic E-state index is 0.509. The van der Waals surface area contributed by atoms with Gasteiger partial charge in [0.15, 0.2) is 0 Å². The van der Waals surface area contributed by atoms with Crippen molar-refractivity contribution < 1.29 is 4.74 Å². The van der Waals surface area contributed by atoms with Gasteiger partial charge in [-0.25, -0.2) is 0 Å². The molecule has 0 bridgehead atoms. The summed E-state index contributed by atoms with van der Waals surface area (Å²) < 4.78 is 5.24. The Kier molecular flexibility index (Phi) is 4.87. The third-order valence-electron chi connectivity index (χ3n) is 4.51. The molecule has 1 aliphatic carbocycles. The van der Waals surface area contributed by atoms with E-state index in [-0.39, 0.29) is 0 Å². The van der Waals surface area contributed by atoms with Crippen LogP contribution in [0.3, 0.4) is 0 Å². The van der Waals surface area contributed by atoms with Crippen molar-refractivity contribution in [3.63, 3.8) is 0 Å². The zero-order valence-electron chi connectivity index (χ0n) is 12.6. The summed E-state index contributed by atoms with van der Waals surface area (Å²) in [5, 5.41) is 3.84. The lowest BCUT2D eigenvalue weighted by Gasteiger charge is -2.27. The first kappa shape index (κ1) is 14.4. The van der Waals surface area contributed by atoms with Gasteiger partial charge in [-0.2, -0.15) is 0 Å². The molecular formula is C17H27NO. The second-order valence-electron chi connectivity index (χ2n) is 5.93. The first-order valence-corrected chi connectivity index (χ1v) is 7.55. The molecule has 0 aromatic heterocycles. The average Bonchev–Trinajstić information content (AvgIpc) is 3.28. The Balaban J connectivity index is 2.06. The van der Waals surface area contributed by atoms with Gasteiger partial charge in [-0.15, -0.1) is 0 Å². The van der Waals surface area contributed by atoms with Gasteiger partial charge in [-0.1, -0.05) is 32.4 Å². The van der Waals surface area contributed by atoms with Crippen LogP contribution in [0.1, 0.15) is 51.6 Å². The smallest absolute Gasteiger partial charge is 0.118 e. The summed E-state index contributed by atoms with van der Waals surface area (Å²) in [7, 11) is 1.72. The highest BCUT2D eigenvalue weighted by atomic mass is 16.5. The van der Waals surface area contributed by atoms with Gasteiger partial charge in [-0.3, -0.25) is 0 Å². The number of nitrogens with one attached hydrogen (secondary N) is 1. The maximum absolute atomic E-state index is 5.24. The summed E-state index contributed by atoms with van der Waals surface area (Å²) >= 11 is 0. The summed E-state index contributed by atoms with van der Waals surface area (Å²) in [4.78, 5) is 0. The van der Waals surface area contributed by atoms with Crippen molar-refractivity contribution in [3.05, 3.63) is 29.8 Å². The van der Waals surface area contributed by atoms with E-state index in [9.17, 15) is 0 Å². The molecular weight excluding hydrogens is 234 g/mol. The van der Waals surface area contributed by atoms with Crippen LogP contribution in [0, 0.1) is 11.8 Å². The van der Waals surface area contributed by atoms with Gasteiger partial charge >= 0.3 is 0 Å². The Bertz CT molecular complexity index is 383. The van der Waals surface area contributed by atoms with Crippen LogP contribution in [0.5, 0.6) is 5.75 Å². The molecule has 1 aromatic rings. The largest absolute Gasteiger partial charge is 0.497 e. The highest BCUT2D eigenvalue weighted by molar-refractivity contribution is 5.30. The first-order chi connectivity index (χ1) is 9.15. The third-order valence-corrected chi connectivity index (χ3v) is 4.51. The molecule has 1 saturated carbocycles. The van der Waals surface area contributed by atoms with E-state index in [2.05, 4.69) is 50.4 Å². The summed E-state index contributed by atoms with van der Waals surface area (Å²) in [6.07, 6.45) is 3.95. The Morgan fingerprint density at radius 2 is 1.84 bits per heavy atom. The summed E-state index contributed by atoms with van der Waals surface area (Å²) in [6, 6.07) is 9.63. The van der Waals surface area contributed by atoms with E-state index in [1.807, 2.05) is 0 Å². The van der Waals surface area contributed by atoms with Crippen LogP contribution < -0.4 is 10.1 Å². The maximum Gasteiger partial charge on any atom is 0.118 e. The van der Waals surface area contributed by atoms with Gasteiger partial charge in [0, 0.05) is 12.1 Å². The Hall–Kier alpha value is -1.02. The fraction of sp³-hybridized carbons (Fsp3) is 0.647. The monoisotopic (exact) mass is 261 g/mol. The maximum atomic E-state index is 5.24. The minimum Gasteiger partial charge on any atom is -0.497 e. The molecule has 2 nitrogen and oxygen atoms in total. The van der Waals surface area contributed by atoms with Crippen molar-refractivity contribution in [2.45, 2.75) is 52.1 Å². The minimum absolute atomic E-state index is 0.509. The number of hydrogen-bond acceptors (Lipinski definition) is 2. The van der Waals surface area contributed by atoms with Crippen molar-refractivity contribution in [2.24, 2.45) is 11.8 Å². The van der Waals surface area contributed by atoms with Gasteiger partial charge in [0.25, 0.3) is 0 Å². The molecule has 1 N–H and O–H groups in total. The zero-order chi connectivity index (χ0) is 13.8. The van der Waals surface area contributed by atoms with Crippen LogP contribution in [0.4, 0.5) is 0 Å². The molecule has 1 fully saturated rings. The second kappa shape index (κ2) is 6.42. The van der Waals surface area contributed by atoms with Gasteiger partial charge in [0.2, 0.25) is 0 Å². The fourth-order valence-electron chi connectivity index (χ4n) is 2.55. The average molecular weight is 261 g/mol. The molecule has 1 aromatic carbocycles. The second-order valence-corrected chi connectivity index (χ2v) is 5.93. The summed E-state index contributed by atoms with van der Waals surface area (Å²) in [5.74, 6) is 2.48. The van der Waals surface area contributed by atoms with Crippen molar-refractivity contribution in [1.29, 1.82) is 0 Å². The lowest BCUT2D eigenvalue weighted by molar-refractivity contribution is 0.332. The van der Waals surface area contributed by atoms with E-state index >= 15 is 0 Å². The number of rotatable bonds is 7. The van der Waals surface area contributed by atoms with Crippen molar-refractivity contribution in [1.82, 2.24) is 5.32 Å². The molecule has 106 valence electrons. The van der Waals surface area contributed by atoms with Crippen LogP contribution in [0.25, 0.3) is 0 Å². The quantitative estimate of drug-likeness (QED) is 0.795. The number of ether oxygens (including phenoxy) is 1. The van der Waals surface area contributed by atoms with Crippen LogP contribution in [-0.4, -0.2) is 13.2 Å². The Labute approximate surface area is 117 Å². The molecule has 0 heterocycles. The molecule has 3 atom stereocenters. The predicted octanol–water partition coefficient (Wildman–Crippen LogP) is 4.17. The lowest BCUT2D eigenvalue weighted by atomic mass is 9.96. The van der Waals surface area contributed by atoms with Gasteiger partial charge < -0.3 is 10.1 Å². The number of hydrogen-bond donors (Lipinski definition) is 1. The van der Waals surface area contributed by atoms with Crippen molar-refractivity contribution in [2.75, 3.05) is 7.11 Å². The normalized spacial score (nSPS) is 19.8. The highest BCUT2D eigenvalue weighted by Gasteiger charge is 2.33. The van der Waals surface area contributed by atoms with E-state index in [1.165, 1.54) is 24.8 Å². The molecule has 19 heavy (non-hydrogen) atoms. The van der Waals surface area contributed by atoms with Gasteiger partial charge in [-0.05, 0) is 49.3 Å². The van der Waals surface area contributed by atoms with Gasteiger partial charge in [0.1, 0.15) is 5.75 Å². The molecule has 0 saturated heterocycles. The standard InChI is InChI=1S/C17H27NO/c1-5-12(2)13(3)18-17(14-6-7-14)15-8-10-16(19-4)11-9-15/h8-14,17-18H,5-7H2,1-4H3. The molecule has 3 unspecified atom stereocenters. The summed E-state index contributed by atoms with van der Waals surface area (Å²) in [5.41, 5.74) is 1.40. The molecule has 2 rings (SSSR count). The van der Waals surface area contributed by atoms with Crippen LogP contribution in [0.15, 0.2) is 24.3 Å². The van der Waals surface area contributed by atoms with E-state index in [1.54, 1.807) is 7.11 Å². The third kappa shape index (κ3) is 3.73. The SMILES string of the molecule is CCC(C)C(C)NC(c1ccc(OC)cc1)C1CC1. The van der Waals surface area contributed by atoms with Crippen LogP contribution in [0.2, 0.25) is 0 Å². The van der Waals surface area contributed by atoms with Crippen LogP contribution in [-0.2, 0) is 0 Å². The van der Waals surface area contributed by atoms with Crippen molar-refractivity contribution >= 4 is 0 Å². The lowest BCUT2D eigenvalue weighted by Crippen LogP contribution is -2.36. The number of benzene rings is 1. The van der Waals surface area contributed by atoms with Gasteiger partial charge in [0.05, 0.1) is 7.11 Å². The van der Waals surface area contributed by atoms with Crippen LogP contribution >= 0.6 is 0 Å². The summed E-state index contributed by atoms with van der Waals surface area (Å²) in [6.45, 7) is 6.91. The predicted molar refractivity (Wildman–Crippen MR) is 80.5 cm³/mol. The molecule has 0 radical (unpaired) electrons. The first-order valence-electron chi connectivity index (χ1n) is 7.55.